The van der Waals surface area contributed by atoms with Crippen LogP contribution in [0.2, 0.25) is 0 Å². The van der Waals surface area contributed by atoms with Gasteiger partial charge in [-0.3, -0.25) is 0 Å². The quantitative estimate of drug-likeness (QED) is 0.0933. The van der Waals surface area contributed by atoms with Crippen LogP contribution >= 0.6 is 0 Å². The summed E-state index contributed by atoms with van der Waals surface area (Å²) in [5, 5.41) is 12.2. The molecule has 0 aromatic heterocycles. The molecule has 0 aromatic carbocycles. The maximum absolute atomic E-state index is 8.89. The maximum atomic E-state index is 8.89. The van der Waals surface area contributed by atoms with Crippen LogP contribution in [0.15, 0.2) is 5.16 Å². The van der Waals surface area contributed by atoms with Crippen molar-refractivity contribution in [2.24, 2.45) is 11.1 Å². The van der Waals surface area contributed by atoms with Crippen LogP contribution in [0.4, 0.5) is 0 Å². The first-order valence-corrected chi connectivity index (χ1v) is 12.0. The van der Waals surface area contributed by atoms with E-state index in [4.69, 9.17) is 5.21 Å². The van der Waals surface area contributed by atoms with Gasteiger partial charge in [0, 0.05) is 6.21 Å². The van der Waals surface area contributed by atoms with Gasteiger partial charge < -0.3 is 5.21 Å². The minimum Gasteiger partial charge on any atom is -0.411 e. The van der Waals surface area contributed by atoms with Gasteiger partial charge in [0.2, 0.25) is 0 Å². The maximum Gasteiger partial charge on any atom is 0.0466 e. The molecular formula is C24H49NO. The molecule has 0 spiro atoms. The molecule has 0 aromatic rings. The first-order valence-electron chi connectivity index (χ1n) is 12.0. The lowest BCUT2D eigenvalue weighted by atomic mass is 9.95. The largest absolute Gasteiger partial charge is 0.411 e. The van der Waals surface area contributed by atoms with Crippen molar-refractivity contribution in [3.05, 3.63) is 0 Å². The average molecular weight is 368 g/mol. The molecule has 156 valence electrons. The molecule has 0 saturated heterocycles. The molecule has 0 bridgehead atoms. The Morgan fingerprint density at radius 1 is 0.538 bits per heavy atom. The number of unbranched alkanes of at least 4 members (excludes halogenated alkanes) is 16. The Bertz CT molecular complexity index is 277. The lowest BCUT2D eigenvalue weighted by molar-refractivity contribution is 0.316. The van der Waals surface area contributed by atoms with E-state index in [1.54, 1.807) is 6.21 Å². The predicted octanol–water partition coefficient (Wildman–Crippen LogP) is 8.90. The highest BCUT2D eigenvalue weighted by Gasteiger charge is 2.06. The number of oxime groups is 1. The molecule has 0 aliphatic heterocycles. The number of nitrogens with zero attached hydrogens (tertiary/aromatic N) is 1. The van der Waals surface area contributed by atoms with Crippen LogP contribution in [-0.2, 0) is 0 Å². The fourth-order valence-corrected chi connectivity index (χ4v) is 3.82. The molecule has 2 heteroatoms. The highest BCUT2D eigenvalue weighted by Crippen LogP contribution is 2.18. The van der Waals surface area contributed by atoms with Gasteiger partial charge in [0.1, 0.15) is 0 Å². The van der Waals surface area contributed by atoms with E-state index in [1.807, 2.05) is 0 Å². The van der Waals surface area contributed by atoms with E-state index in [0.717, 1.165) is 0 Å². The zero-order valence-corrected chi connectivity index (χ0v) is 18.2. The van der Waals surface area contributed by atoms with Crippen LogP contribution in [0.25, 0.3) is 0 Å². The second-order valence-corrected chi connectivity index (χ2v) is 8.26. The Hall–Kier alpha value is -0.530. The molecule has 0 aliphatic carbocycles. The van der Waals surface area contributed by atoms with Crippen LogP contribution in [-0.4, -0.2) is 11.4 Å². The third-order valence-corrected chi connectivity index (χ3v) is 5.63. The Kier molecular flexibility index (Phi) is 22.1. The summed E-state index contributed by atoms with van der Waals surface area (Å²) in [6.07, 6.45) is 29.1. The summed E-state index contributed by atoms with van der Waals surface area (Å²) in [5.74, 6) is 0.495. The van der Waals surface area contributed by atoms with E-state index in [2.05, 4.69) is 19.0 Å². The molecule has 0 heterocycles. The summed E-state index contributed by atoms with van der Waals surface area (Å²) in [4.78, 5) is 0. The number of rotatable bonds is 21. The highest BCUT2D eigenvalue weighted by atomic mass is 16.4. The highest BCUT2D eigenvalue weighted by molar-refractivity contribution is 5.59. The van der Waals surface area contributed by atoms with E-state index in [1.165, 1.54) is 128 Å². The van der Waals surface area contributed by atoms with Crippen molar-refractivity contribution in [2.45, 2.75) is 142 Å². The van der Waals surface area contributed by atoms with E-state index >= 15 is 0 Å². The zero-order valence-electron chi connectivity index (χ0n) is 18.2. The summed E-state index contributed by atoms with van der Waals surface area (Å²) < 4.78 is 0. The molecule has 1 N–H and O–H groups in total. The zero-order chi connectivity index (χ0) is 19.1. The summed E-state index contributed by atoms with van der Waals surface area (Å²) >= 11 is 0. The van der Waals surface area contributed by atoms with Crippen molar-refractivity contribution in [1.29, 1.82) is 0 Å². The van der Waals surface area contributed by atoms with Crippen LogP contribution in [0.5, 0.6) is 0 Å². The molecule has 0 aliphatic rings. The number of hydrogen-bond donors (Lipinski definition) is 1. The van der Waals surface area contributed by atoms with Gasteiger partial charge in [0.05, 0.1) is 0 Å². The fraction of sp³-hybridized carbons (Fsp3) is 0.958. The Morgan fingerprint density at radius 2 is 0.846 bits per heavy atom. The Balaban J connectivity index is 3.44. The van der Waals surface area contributed by atoms with E-state index in [0.29, 0.717) is 5.92 Å². The summed E-state index contributed by atoms with van der Waals surface area (Å²) in [5.41, 5.74) is 0. The van der Waals surface area contributed by atoms with Crippen molar-refractivity contribution in [3.8, 4) is 0 Å². The Morgan fingerprint density at radius 3 is 1.15 bits per heavy atom. The predicted molar refractivity (Wildman–Crippen MR) is 117 cm³/mol. The minimum absolute atomic E-state index is 0.495. The first kappa shape index (κ1) is 25.5. The van der Waals surface area contributed by atoms with E-state index in [9.17, 15) is 0 Å². The van der Waals surface area contributed by atoms with Gasteiger partial charge in [-0.1, -0.05) is 129 Å². The van der Waals surface area contributed by atoms with Gasteiger partial charge in [0.15, 0.2) is 0 Å². The standard InChI is InChI=1S/C24H49NO/c1-3-5-7-9-11-13-14-16-18-20-22-24(23-25-26)21-19-17-15-12-10-8-6-4-2/h23-24,26H,3-22H2,1-2H3. The summed E-state index contributed by atoms with van der Waals surface area (Å²) in [6.45, 7) is 4.56. The lowest BCUT2D eigenvalue weighted by Gasteiger charge is -2.11. The SMILES string of the molecule is CCCCCCCCCCCCC(C=NO)CCCCCCCCCC. The first-order chi connectivity index (χ1) is 12.8. The molecule has 0 radical (unpaired) electrons. The second-order valence-electron chi connectivity index (χ2n) is 8.26. The molecule has 2 nitrogen and oxygen atoms in total. The third kappa shape index (κ3) is 19.8. The van der Waals surface area contributed by atoms with Crippen LogP contribution in [0, 0.1) is 5.92 Å². The molecule has 0 amide bonds. The lowest BCUT2D eigenvalue weighted by Crippen LogP contribution is -2.02. The summed E-state index contributed by atoms with van der Waals surface area (Å²) in [6, 6.07) is 0. The van der Waals surface area contributed by atoms with Crippen LogP contribution < -0.4 is 0 Å². The van der Waals surface area contributed by atoms with Gasteiger partial charge in [0.25, 0.3) is 0 Å². The minimum atomic E-state index is 0.495. The van der Waals surface area contributed by atoms with E-state index < -0.39 is 0 Å². The molecule has 0 rings (SSSR count). The second kappa shape index (κ2) is 22.5. The van der Waals surface area contributed by atoms with Crippen molar-refractivity contribution >= 4 is 6.21 Å². The molecular weight excluding hydrogens is 318 g/mol. The van der Waals surface area contributed by atoms with Gasteiger partial charge in [-0.2, -0.15) is 0 Å². The van der Waals surface area contributed by atoms with Gasteiger partial charge in [-0.05, 0) is 18.8 Å². The monoisotopic (exact) mass is 367 g/mol. The molecule has 1 atom stereocenters. The van der Waals surface area contributed by atoms with Gasteiger partial charge >= 0.3 is 0 Å². The van der Waals surface area contributed by atoms with Crippen LogP contribution in [0.3, 0.4) is 0 Å². The summed E-state index contributed by atoms with van der Waals surface area (Å²) in [7, 11) is 0. The normalized spacial score (nSPS) is 12.8. The van der Waals surface area contributed by atoms with Gasteiger partial charge in [-0.15, -0.1) is 5.16 Å². The van der Waals surface area contributed by atoms with E-state index in [-0.39, 0.29) is 0 Å². The topological polar surface area (TPSA) is 32.6 Å². The molecule has 26 heavy (non-hydrogen) atoms. The van der Waals surface area contributed by atoms with Crippen molar-refractivity contribution in [3.63, 3.8) is 0 Å². The van der Waals surface area contributed by atoms with Crippen molar-refractivity contribution in [1.82, 2.24) is 0 Å². The van der Waals surface area contributed by atoms with Crippen molar-refractivity contribution in [2.75, 3.05) is 0 Å². The van der Waals surface area contributed by atoms with Crippen molar-refractivity contribution < 1.29 is 5.21 Å². The van der Waals surface area contributed by atoms with Gasteiger partial charge in [-0.25, -0.2) is 0 Å². The fourth-order valence-electron chi connectivity index (χ4n) is 3.82. The van der Waals surface area contributed by atoms with Crippen LogP contribution in [0.1, 0.15) is 142 Å². The number of hydrogen-bond acceptors (Lipinski definition) is 2. The molecule has 0 saturated carbocycles. The third-order valence-electron chi connectivity index (χ3n) is 5.63. The Labute approximate surface area is 165 Å². The average Bonchev–Trinajstić information content (AvgIpc) is 2.65. The molecule has 1 unspecified atom stereocenters. The smallest absolute Gasteiger partial charge is 0.0466 e. The molecule has 0 fully saturated rings.